The Hall–Kier alpha value is -1.83. The third-order valence-corrected chi connectivity index (χ3v) is 5.66. The van der Waals surface area contributed by atoms with Crippen LogP contribution in [-0.4, -0.2) is 5.91 Å². The molecule has 2 atom stereocenters. The lowest BCUT2D eigenvalue weighted by atomic mass is 10.1. The van der Waals surface area contributed by atoms with Crippen LogP contribution >= 0.6 is 0 Å². The topological polar surface area (TPSA) is 29.1 Å². The zero-order valence-electron chi connectivity index (χ0n) is 14.9. The molecule has 24 heavy (non-hydrogen) atoms. The summed E-state index contributed by atoms with van der Waals surface area (Å²) in [5.41, 5.74) is 3.38. The van der Waals surface area contributed by atoms with Crippen molar-refractivity contribution in [2.45, 2.75) is 52.4 Å². The maximum Gasteiger partial charge on any atom is 0.228 e. The molecule has 1 fully saturated rings. The van der Waals surface area contributed by atoms with Gasteiger partial charge in [-0.15, -0.1) is 0 Å². The summed E-state index contributed by atoms with van der Waals surface area (Å²) >= 11 is 0. The number of fused-ring (bicyclic) bond motifs is 1. The number of benzene rings is 1. The molecule has 128 valence electrons. The molecule has 0 aromatic heterocycles. The highest BCUT2D eigenvalue weighted by Crippen LogP contribution is 2.52. The van der Waals surface area contributed by atoms with Crippen LogP contribution in [0.3, 0.4) is 0 Å². The number of carbonyl (C=O) groups is 1. The van der Waals surface area contributed by atoms with Crippen molar-refractivity contribution >= 4 is 11.6 Å². The van der Waals surface area contributed by atoms with Crippen molar-refractivity contribution < 1.29 is 4.79 Å². The number of hydrogen-bond acceptors (Lipinski definition) is 1. The van der Waals surface area contributed by atoms with E-state index in [2.05, 4.69) is 49.5 Å². The van der Waals surface area contributed by atoms with E-state index < -0.39 is 0 Å². The van der Waals surface area contributed by atoms with Crippen LogP contribution in [0.5, 0.6) is 0 Å². The van der Waals surface area contributed by atoms with Crippen molar-refractivity contribution in [3.05, 3.63) is 53.6 Å². The van der Waals surface area contributed by atoms with Gasteiger partial charge in [-0.3, -0.25) is 4.79 Å². The standard InChI is InChI=1S/C22H29NO/c1-16-12-11-15-20(17(16)2)23-22(24)21-18-13-9-7-5-3-4-6-8-10-14-19(18)21/h5-8,11-12,15,18-19,21H,3-4,9-10,13-14H2,1-2H3,(H,23,24)/b7-5-,8-6-. The van der Waals surface area contributed by atoms with Crippen LogP contribution in [0, 0.1) is 31.6 Å². The number of nitrogens with one attached hydrogen (secondary N) is 1. The first-order valence-corrected chi connectivity index (χ1v) is 9.35. The summed E-state index contributed by atoms with van der Waals surface area (Å²) in [4.78, 5) is 12.8. The second-order valence-corrected chi connectivity index (χ2v) is 7.27. The zero-order chi connectivity index (χ0) is 16.9. The van der Waals surface area contributed by atoms with E-state index in [0.29, 0.717) is 11.8 Å². The van der Waals surface area contributed by atoms with Crippen molar-refractivity contribution in [3.63, 3.8) is 0 Å². The Labute approximate surface area is 146 Å². The molecule has 0 radical (unpaired) electrons. The average molecular weight is 323 g/mol. The minimum Gasteiger partial charge on any atom is -0.326 e. The van der Waals surface area contributed by atoms with Crippen LogP contribution in [0.15, 0.2) is 42.5 Å². The molecule has 1 aromatic rings. The summed E-state index contributed by atoms with van der Waals surface area (Å²) < 4.78 is 0. The first kappa shape index (κ1) is 17.0. The Morgan fingerprint density at radius 1 is 0.917 bits per heavy atom. The Balaban J connectivity index is 1.65. The third-order valence-electron chi connectivity index (χ3n) is 5.66. The molecule has 1 aromatic carbocycles. The smallest absolute Gasteiger partial charge is 0.228 e. The summed E-state index contributed by atoms with van der Waals surface area (Å²) in [5, 5.41) is 3.19. The summed E-state index contributed by atoms with van der Waals surface area (Å²) in [6.45, 7) is 4.17. The molecule has 0 bridgehead atoms. The summed E-state index contributed by atoms with van der Waals surface area (Å²) in [5.74, 6) is 1.55. The van der Waals surface area contributed by atoms with E-state index in [0.717, 1.165) is 44.2 Å². The van der Waals surface area contributed by atoms with Gasteiger partial charge in [-0.1, -0.05) is 36.4 Å². The van der Waals surface area contributed by atoms with Crippen LogP contribution in [0.25, 0.3) is 0 Å². The minimum atomic E-state index is 0.201. The molecule has 0 spiro atoms. The van der Waals surface area contributed by atoms with Crippen molar-refractivity contribution in [1.29, 1.82) is 0 Å². The van der Waals surface area contributed by atoms with Gasteiger partial charge < -0.3 is 5.32 Å². The van der Waals surface area contributed by atoms with Gasteiger partial charge in [-0.2, -0.15) is 0 Å². The maximum atomic E-state index is 12.8. The lowest BCUT2D eigenvalue weighted by molar-refractivity contribution is -0.117. The van der Waals surface area contributed by atoms with Gasteiger partial charge in [0.15, 0.2) is 0 Å². The first-order valence-electron chi connectivity index (χ1n) is 9.35. The third kappa shape index (κ3) is 3.98. The van der Waals surface area contributed by atoms with Gasteiger partial charge >= 0.3 is 0 Å². The normalized spacial score (nSPS) is 29.5. The predicted molar refractivity (Wildman–Crippen MR) is 101 cm³/mol. The summed E-state index contributed by atoms with van der Waals surface area (Å²) in [6, 6.07) is 6.12. The second kappa shape index (κ2) is 7.83. The maximum absolute atomic E-state index is 12.8. The summed E-state index contributed by atoms with van der Waals surface area (Å²) in [7, 11) is 0. The van der Waals surface area contributed by atoms with Gasteiger partial charge in [0.05, 0.1) is 0 Å². The molecule has 1 N–H and O–H groups in total. The quantitative estimate of drug-likeness (QED) is 0.708. The SMILES string of the molecule is Cc1cccc(NC(=O)C2C3CC/C=C\CC/C=C\CCC32)c1C. The second-order valence-electron chi connectivity index (χ2n) is 7.27. The first-order chi connectivity index (χ1) is 11.7. The van der Waals surface area contributed by atoms with Crippen LogP contribution in [0.2, 0.25) is 0 Å². The van der Waals surface area contributed by atoms with E-state index in [-0.39, 0.29) is 11.8 Å². The number of allylic oxidation sites excluding steroid dienone is 4. The molecule has 2 unspecified atom stereocenters. The number of hydrogen-bond donors (Lipinski definition) is 1. The molecule has 0 saturated heterocycles. The molecule has 1 saturated carbocycles. The molecule has 2 heteroatoms. The van der Waals surface area contributed by atoms with Gasteiger partial charge in [0.1, 0.15) is 0 Å². The Kier molecular flexibility index (Phi) is 5.55. The number of rotatable bonds is 2. The van der Waals surface area contributed by atoms with Crippen LogP contribution in [0.1, 0.15) is 49.7 Å². The van der Waals surface area contributed by atoms with Gasteiger partial charge in [0, 0.05) is 11.6 Å². The summed E-state index contributed by atoms with van der Waals surface area (Å²) in [6.07, 6.45) is 16.0. The Bertz CT molecular complexity index is 619. The molecule has 1 amide bonds. The number of aryl methyl sites for hydroxylation is 1. The minimum absolute atomic E-state index is 0.201. The van der Waals surface area contributed by atoms with E-state index in [9.17, 15) is 4.79 Å². The Morgan fingerprint density at radius 3 is 2.12 bits per heavy atom. The molecule has 3 rings (SSSR count). The molecule has 2 aliphatic carbocycles. The number of carbonyl (C=O) groups excluding carboxylic acids is 1. The molecule has 0 aliphatic heterocycles. The number of amides is 1. The van der Waals surface area contributed by atoms with E-state index in [4.69, 9.17) is 0 Å². The van der Waals surface area contributed by atoms with Crippen molar-refractivity contribution in [1.82, 2.24) is 0 Å². The zero-order valence-corrected chi connectivity index (χ0v) is 14.9. The van der Waals surface area contributed by atoms with Crippen LogP contribution in [0.4, 0.5) is 5.69 Å². The van der Waals surface area contributed by atoms with E-state index in [1.807, 2.05) is 12.1 Å². The van der Waals surface area contributed by atoms with Gasteiger partial charge in [0.2, 0.25) is 5.91 Å². The van der Waals surface area contributed by atoms with Gasteiger partial charge in [-0.05, 0) is 81.4 Å². The monoisotopic (exact) mass is 323 g/mol. The fourth-order valence-electron chi connectivity index (χ4n) is 3.96. The highest BCUT2D eigenvalue weighted by atomic mass is 16.2. The van der Waals surface area contributed by atoms with Crippen molar-refractivity contribution in [2.75, 3.05) is 5.32 Å². The highest BCUT2D eigenvalue weighted by Gasteiger charge is 2.52. The van der Waals surface area contributed by atoms with E-state index in [1.165, 1.54) is 11.1 Å². The largest absolute Gasteiger partial charge is 0.326 e. The predicted octanol–water partition coefficient (Wildman–Crippen LogP) is 5.57. The van der Waals surface area contributed by atoms with Gasteiger partial charge in [-0.25, -0.2) is 0 Å². The molecular formula is C22H29NO. The lowest BCUT2D eigenvalue weighted by Gasteiger charge is -2.10. The molecule has 2 aliphatic rings. The fourth-order valence-corrected chi connectivity index (χ4v) is 3.96. The van der Waals surface area contributed by atoms with Gasteiger partial charge in [0.25, 0.3) is 0 Å². The van der Waals surface area contributed by atoms with Crippen molar-refractivity contribution in [3.8, 4) is 0 Å². The lowest BCUT2D eigenvalue weighted by Crippen LogP contribution is -2.16. The molecule has 2 nitrogen and oxygen atoms in total. The molecule has 0 heterocycles. The van der Waals surface area contributed by atoms with Crippen LogP contribution in [-0.2, 0) is 4.79 Å². The van der Waals surface area contributed by atoms with Crippen LogP contribution < -0.4 is 5.32 Å². The highest BCUT2D eigenvalue weighted by molar-refractivity contribution is 5.95. The van der Waals surface area contributed by atoms with E-state index in [1.54, 1.807) is 0 Å². The average Bonchev–Trinajstić information content (AvgIpc) is 3.24. The van der Waals surface area contributed by atoms with Crippen molar-refractivity contribution in [2.24, 2.45) is 17.8 Å². The van der Waals surface area contributed by atoms with E-state index >= 15 is 0 Å². The fraction of sp³-hybridized carbons (Fsp3) is 0.500. The number of anilines is 1. The molecular weight excluding hydrogens is 294 g/mol. The Morgan fingerprint density at radius 2 is 1.50 bits per heavy atom.